The Bertz CT molecular complexity index is 554. The van der Waals surface area contributed by atoms with Gasteiger partial charge in [0.05, 0.1) is 6.04 Å². The molecule has 20 heavy (non-hydrogen) atoms. The van der Waals surface area contributed by atoms with Gasteiger partial charge in [-0.25, -0.2) is 0 Å². The molecular formula is C16H18N2OS. The van der Waals surface area contributed by atoms with Crippen LogP contribution in [0.5, 0.6) is 0 Å². The molecule has 0 aromatic heterocycles. The summed E-state index contributed by atoms with van der Waals surface area (Å²) in [6, 6.07) is 17.0. The Morgan fingerprint density at radius 1 is 1.15 bits per heavy atom. The Balaban J connectivity index is 1.93. The number of amides is 1. The molecule has 0 fully saturated rings. The summed E-state index contributed by atoms with van der Waals surface area (Å²) >= 11 is 1.67. The summed E-state index contributed by atoms with van der Waals surface area (Å²) in [7, 11) is 0. The number of hydrogen-bond donors (Lipinski definition) is 2. The van der Waals surface area contributed by atoms with E-state index in [1.807, 2.05) is 60.9 Å². The zero-order chi connectivity index (χ0) is 14.4. The smallest absolute Gasteiger partial charge is 0.241 e. The number of benzene rings is 2. The minimum Gasteiger partial charge on any atom is -0.325 e. The van der Waals surface area contributed by atoms with Crippen molar-refractivity contribution in [3.05, 3.63) is 60.2 Å². The Hall–Kier alpha value is -1.78. The second-order valence-electron chi connectivity index (χ2n) is 4.51. The van der Waals surface area contributed by atoms with Crippen molar-refractivity contribution >= 4 is 23.4 Å². The van der Waals surface area contributed by atoms with E-state index in [9.17, 15) is 4.79 Å². The van der Waals surface area contributed by atoms with Crippen LogP contribution in [0.2, 0.25) is 0 Å². The van der Waals surface area contributed by atoms with Crippen molar-refractivity contribution in [1.82, 2.24) is 0 Å². The molecule has 0 unspecified atom stereocenters. The SMILES string of the molecule is CSc1ccc(NC(=O)[C@H](N)Cc2ccccc2)cc1. The first kappa shape index (κ1) is 14.6. The molecule has 2 aromatic carbocycles. The molecule has 0 saturated carbocycles. The van der Waals surface area contributed by atoms with E-state index in [1.165, 1.54) is 0 Å². The minimum absolute atomic E-state index is 0.161. The molecule has 1 atom stereocenters. The third-order valence-corrected chi connectivity index (χ3v) is 3.74. The van der Waals surface area contributed by atoms with Gasteiger partial charge >= 0.3 is 0 Å². The Morgan fingerprint density at radius 3 is 2.40 bits per heavy atom. The van der Waals surface area contributed by atoms with Crippen molar-refractivity contribution in [1.29, 1.82) is 0 Å². The average Bonchev–Trinajstić information content (AvgIpc) is 2.49. The summed E-state index contributed by atoms with van der Waals surface area (Å²) in [5.74, 6) is -0.161. The van der Waals surface area contributed by atoms with Gasteiger partial charge in [-0.15, -0.1) is 11.8 Å². The first-order valence-electron chi connectivity index (χ1n) is 6.43. The Labute approximate surface area is 123 Å². The second-order valence-corrected chi connectivity index (χ2v) is 5.39. The normalized spacial score (nSPS) is 11.9. The molecule has 0 aliphatic carbocycles. The number of rotatable bonds is 5. The molecule has 0 spiro atoms. The third-order valence-electron chi connectivity index (χ3n) is 2.99. The Morgan fingerprint density at radius 2 is 1.80 bits per heavy atom. The van der Waals surface area contributed by atoms with Gasteiger partial charge in [0.15, 0.2) is 0 Å². The van der Waals surface area contributed by atoms with Crippen LogP contribution in [0.15, 0.2) is 59.5 Å². The summed E-state index contributed by atoms with van der Waals surface area (Å²) in [5.41, 5.74) is 7.77. The van der Waals surface area contributed by atoms with Gasteiger partial charge in [-0.3, -0.25) is 4.79 Å². The maximum Gasteiger partial charge on any atom is 0.241 e. The van der Waals surface area contributed by atoms with Crippen LogP contribution in [-0.2, 0) is 11.2 Å². The molecule has 2 aromatic rings. The van der Waals surface area contributed by atoms with E-state index in [4.69, 9.17) is 5.73 Å². The van der Waals surface area contributed by atoms with Crippen molar-refractivity contribution in [2.75, 3.05) is 11.6 Å². The van der Waals surface area contributed by atoms with Gasteiger partial charge < -0.3 is 11.1 Å². The molecule has 0 aliphatic heterocycles. The molecule has 2 rings (SSSR count). The van der Waals surface area contributed by atoms with E-state index >= 15 is 0 Å². The van der Waals surface area contributed by atoms with Crippen LogP contribution < -0.4 is 11.1 Å². The predicted octanol–water partition coefficient (Wildman–Crippen LogP) is 2.92. The van der Waals surface area contributed by atoms with Crippen LogP contribution in [-0.4, -0.2) is 18.2 Å². The minimum atomic E-state index is -0.544. The van der Waals surface area contributed by atoms with E-state index in [1.54, 1.807) is 11.8 Å². The van der Waals surface area contributed by atoms with Gasteiger partial charge in [-0.2, -0.15) is 0 Å². The molecule has 3 N–H and O–H groups in total. The number of carbonyl (C=O) groups is 1. The number of nitrogens with one attached hydrogen (secondary N) is 1. The van der Waals surface area contributed by atoms with Gasteiger partial charge in [-0.05, 0) is 42.5 Å². The highest BCUT2D eigenvalue weighted by atomic mass is 32.2. The van der Waals surface area contributed by atoms with E-state index in [-0.39, 0.29) is 5.91 Å². The average molecular weight is 286 g/mol. The van der Waals surface area contributed by atoms with E-state index in [0.29, 0.717) is 6.42 Å². The highest BCUT2D eigenvalue weighted by molar-refractivity contribution is 7.98. The lowest BCUT2D eigenvalue weighted by atomic mass is 10.1. The fourth-order valence-corrected chi connectivity index (χ4v) is 2.28. The summed E-state index contributed by atoms with van der Waals surface area (Å²) < 4.78 is 0. The van der Waals surface area contributed by atoms with Crippen molar-refractivity contribution in [2.24, 2.45) is 5.73 Å². The summed E-state index contributed by atoms with van der Waals surface area (Å²) in [6.07, 6.45) is 2.55. The first-order chi connectivity index (χ1) is 9.69. The molecule has 0 aliphatic rings. The topological polar surface area (TPSA) is 55.1 Å². The molecular weight excluding hydrogens is 268 g/mol. The maximum absolute atomic E-state index is 12.0. The monoisotopic (exact) mass is 286 g/mol. The van der Waals surface area contributed by atoms with Crippen molar-refractivity contribution < 1.29 is 4.79 Å². The summed E-state index contributed by atoms with van der Waals surface area (Å²) in [5, 5.41) is 2.84. The van der Waals surface area contributed by atoms with Crippen LogP contribution in [0.1, 0.15) is 5.56 Å². The molecule has 0 saturated heterocycles. The summed E-state index contributed by atoms with van der Waals surface area (Å²) in [4.78, 5) is 13.2. The second kappa shape index (κ2) is 7.12. The van der Waals surface area contributed by atoms with Crippen LogP contribution in [0.3, 0.4) is 0 Å². The lowest BCUT2D eigenvalue weighted by Crippen LogP contribution is -2.37. The fourth-order valence-electron chi connectivity index (χ4n) is 1.87. The number of hydrogen-bond acceptors (Lipinski definition) is 3. The van der Waals surface area contributed by atoms with Crippen LogP contribution in [0, 0.1) is 0 Å². The largest absolute Gasteiger partial charge is 0.325 e. The molecule has 0 heterocycles. The Kier molecular flexibility index (Phi) is 5.21. The molecule has 104 valence electrons. The van der Waals surface area contributed by atoms with Gasteiger partial charge in [0.2, 0.25) is 5.91 Å². The lowest BCUT2D eigenvalue weighted by Gasteiger charge is -2.12. The van der Waals surface area contributed by atoms with E-state index in [2.05, 4.69) is 5.32 Å². The maximum atomic E-state index is 12.0. The number of anilines is 1. The predicted molar refractivity (Wildman–Crippen MR) is 85.0 cm³/mol. The molecule has 1 amide bonds. The van der Waals surface area contributed by atoms with Gasteiger partial charge in [-0.1, -0.05) is 30.3 Å². The molecule has 4 heteroatoms. The van der Waals surface area contributed by atoms with Crippen molar-refractivity contribution in [2.45, 2.75) is 17.4 Å². The molecule has 0 radical (unpaired) electrons. The molecule has 3 nitrogen and oxygen atoms in total. The zero-order valence-corrected chi connectivity index (χ0v) is 12.2. The fraction of sp³-hybridized carbons (Fsp3) is 0.188. The van der Waals surface area contributed by atoms with Gasteiger partial charge in [0.25, 0.3) is 0 Å². The van der Waals surface area contributed by atoms with E-state index in [0.717, 1.165) is 16.1 Å². The van der Waals surface area contributed by atoms with Gasteiger partial charge in [0, 0.05) is 10.6 Å². The standard InChI is InChI=1S/C16H18N2OS/c1-20-14-9-7-13(8-10-14)18-16(19)15(17)11-12-5-3-2-4-6-12/h2-10,15H,11,17H2,1H3,(H,18,19)/t15-/m1/s1. The van der Waals surface area contributed by atoms with E-state index < -0.39 is 6.04 Å². The zero-order valence-electron chi connectivity index (χ0n) is 11.4. The third kappa shape index (κ3) is 4.11. The number of thioether (sulfide) groups is 1. The first-order valence-corrected chi connectivity index (χ1v) is 7.66. The van der Waals surface area contributed by atoms with Crippen molar-refractivity contribution in [3.8, 4) is 0 Å². The van der Waals surface area contributed by atoms with Gasteiger partial charge in [0.1, 0.15) is 0 Å². The van der Waals surface area contributed by atoms with Crippen LogP contribution >= 0.6 is 11.8 Å². The van der Waals surface area contributed by atoms with Crippen LogP contribution in [0.4, 0.5) is 5.69 Å². The highest BCUT2D eigenvalue weighted by Crippen LogP contribution is 2.17. The molecule has 0 bridgehead atoms. The lowest BCUT2D eigenvalue weighted by molar-refractivity contribution is -0.117. The van der Waals surface area contributed by atoms with Crippen LogP contribution in [0.25, 0.3) is 0 Å². The number of nitrogens with two attached hydrogens (primary N) is 1. The highest BCUT2D eigenvalue weighted by Gasteiger charge is 2.14. The quantitative estimate of drug-likeness (QED) is 0.831. The summed E-state index contributed by atoms with van der Waals surface area (Å²) in [6.45, 7) is 0. The van der Waals surface area contributed by atoms with Crippen molar-refractivity contribution in [3.63, 3.8) is 0 Å². The number of carbonyl (C=O) groups excluding carboxylic acids is 1.